The zero-order valence-electron chi connectivity index (χ0n) is 11.4. The van der Waals surface area contributed by atoms with Crippen molar-refractivity contribution in [1.82, 2.24) is 0 Å². The molecule has 22 heavy (non-hydrogen) atoms. The molecule has 3 aromatic rings. The molecule has 1 heterocycles. The van der Waals surface area contributed by atoms with Crippen molar-refractivity contribution in [2.75, 3.05) is 13.4 Å². The minimum Gasteiger partial charge on any atom is -0.482 e. The lowest BCUT2D eigenvalue weighted by molar-refractivity contribution is -0.154. The zero-order chi connectivity index (χ0) is 15.5. The number of ether oxygens (including phenoxy) is 2. The number of hydrogen-bond donors (Lipinski definition) is 1. The summed E-state index contributed by atoms with van der Waals surface area (Å²) in [6.07, 6.45) is 0. The number of aliphatic hydroxyl groups is 1. The molecule has 0 unspecified atom stereocenters. The van der Waals surface area contributed by atoms with Crippen molar-refractivity contribution in [3.05, 3.63) is 52.7 Å². The van der Waals surface area contributed by atoms with E-state index in [1.54, 1.807) is 24.3 Å². The molecule has 0 saturated carbocycles. The molecule has 5 nitrogen and oxygen atoms in total. The lowest BCUT2D eigenvalue weighted by Crippen LogP contribution is -2.15. The van der Waals surface area contributed by atoms with E-state index in [4.69, 9.17) is 9.84 Å². The Kier molecular flexibility index (Phi) is 4.04. The molecular formula is C16H12O5S. The first-order valence-electron chi connectivity index (χ1n) is 6.54. The molecule has 0 aliphatic rings. The number of benzene rings is 2. The largest absolute Gasteiger partial charge is 0.482 e. The smallest absolute Gasteiger partial charge is 0.346 e. The van der Waals surface area contributed by atoms with Gasteiger partial charge in [-0.2, -0.15) is 0 Å². The quantitative estimate of drug-likeness (QED) is 0.454. The predicted molar refractivity (Wildman–Crippen MR) is 84.3 cm³/mol. The second kappa shape index (κ2) is 6.13. The Labute approximate surface area is 129 Å². The van der Waals surface area contributed by atoms with E-state index in [9.17, 15) is 9.59 Å². The van der Waals surface area contributed by atoms with Crippen LogP contribution in [0.1, 0.15) is 0 Å². The highest BCUT2D eigenvalue weighted by Crippen LogP contribution is 2.27. The van der Waals surface area contributed by atoms with Crippen molar-refractivity contribution in [1.29, 1.82) is 0 Å². The van der Waals surface area contributed by atoms with Gasteiger partial charge in [0.15, 0.2) is 18.8 Å². The van der Waals surface area contributed by atoms with Crippen LogP contribution >= 0.6 is 11.3 Å². The number of aliphatic hydroxyl groups excluding tert-OH is 1. The van der Waals surface area contributed by atoms with E-state index in [0.29, 0.717) is 16.5 Å². The molecule has 112 valence electrons. The summed E-state index contributed by atoms with van der Waals surface area (Å²) in [5.41, 5.74) is -0.0623. The standard InChI is InChI=1S/C16H12O5S/c17-9-21-15(18)8-20-10-5-6-14-12(7-10)16(19)11-3-1-2-4-13(11)22-14/h1-7,17H,8-9H2. The highest BCUT2D eigenvalue weighted by Gasteiger charge is 2.08. The van der Waals surface area contributed by atoms with Crippen molar-refractivity contribution in [3.63, 3.8) is 0 Å². The minimum atomic E-state index is -0.682. The van der Waals surface area contributed by atoms with Gasteiger partial charge in [0.1, 0.15) is 5.75 Å². The third-order valence-electron chi connectivity index (χ3n) is 3.13. The van der Waals surface area contributed by atoms with Gasteiger partial charge in [-0.1, -0.05) is 12.1 Å². The van der Waals surface area contributed by atoms with Crippen LogP contribution in [0.4, 0.5) is 0 Å². The van der Waals surface area contributed by atoms with E-state index < -0.39 is 12.8 Å². The number of carbonyl (C=O) groups excluding carboxylic acids is 1. The molecule has 0 fully saturated rings. The fourth-order valence-electron chi connectivity index (χ4n) is 2.13. The van der Waals surface area contributed by atoms with Gasteiger partial charge < -0.3 is 14.6 Å². The van der Waals surface area contributed by atoms with Crippen LogP contribution in [0, 0.1) is 0 Å². The Balaban J connectivity index is 1.99. The van der Waals surface area contributed by atoms with Crippen LogP contribution in [-0.4, -0.2) is 24.5 Å². The van der Waals surface area contributed by atoms with Gasteiger partial charge in [0, 0.05) is 20.2 Å². The molecule has 0 radical (unpaired) electrons. The molecule has 0 bridgehead atoms. The molecule has 6 heteroatoms. The fourth-order valence-corrected chi connectivity index (χ4v) is 3.18. The van der Waals surface area contributed by atoms with E-state index >= 15 is 0 Å². The van der Waals surface area contributed by atoms with Crippen LogP contribution in [0.15, 0.2) is 47.3 Å². The number of carbonyl (C=O) groups is 1. The predicted octanol–water partition coefficient (Wildman–Crippen LogP) is 2.29. The van der Waals surface area contributed by atoms with Crippen LogP contribution in [0.2, 0.25) is 0 Å². The van der Waals surface area contributed by atoms with Crippen molar-refractivity contribution >= 4 is 37.5 Å². The summed E-state index contributed by atoms with van der Waals surface area (Å²) in [5.74, 6) is -0.270. The van der Waals surface area contributed by atoms with Crippen LogP contribution in [0.5, 0.6) is 5.75 Å². The first kappa shape index (κ1) is 14.5. The number of rotatable bonds is 4. The molecule has 0 aliphatic heterocycles. The van der Waals surface area contributed by atoms with Crippen molar-refractivity contribution in [2.45, 2.75) is 0 Å². The van der Waals surface area contributed by atoms with Gasteiger partial charge in [-0.05, 0) is 30.3 Å². The Hall–Kier alpha value is -2.44. The second-order valence-electron chi connectivity index (χ2n) is 4.52. The molecule has 0 saturated heterocycles. The molecule has 0 atom stereocenters. The fraction of sp³-hybridized carbons (Fsp3) is 0.125. The molecule has 0 amide bonds. The van der Waals surface area contributed by atoms with E-state index in [1.807, 2.05) is 18.2 Å². The lowest BCUT2D eigenvalue weighted by atomic mass is 10.2. The molecular weight excluding hydrogens is 304 g/mol. The Morgan fingerprint density at radius 3 is 2.68 bits per heavy atom. The first-order valence-corrected chi connectivity index (χ1v) is 7.35. The minimum absolute atomic E-state index is 0.0623. The lowest BCUT2D eigenvalue weighted by Gasteiger charge is -2.07. The normalized spacial score (nSPS) is 10.8. The maximum Gasteiger partial charge on any atom is 0.346 e. The zero-order valence-corrected chi connectivity index (χ0v) is 12.3. The summed E-state index contributed by atoms with van der Waals surface area (Å²) >= 11 is 1.53. The highest BCUT2D eigenvalue weighted by molar-refractivity contribution is 7.24. The number of fused-ring (bicyclic) bond motifs is 2. The molecule has 0 aliphatic carbocycles. The summed E-state index contributed by atoms with van der Waals surface area (Å²) in [7, 11) is 0. The van der Waals surface area contributed by atoms with Gasteiger partial charge in [0.2, 0.25) is 0 Å². The third-order valence-corrected chi connectivity index (χ3v) is 4.28. The van der Waals surface area contributed by atoms with Crippen LogP contribution < -0.4 is 10.2 Å². The van der Waals surface area contributed by atoms with Crippen molar-refractivity contribution < 1.29 is 19.4 Å². The number of hydrogen-bond acceptors (Lipinski definition) is 6. The SMILES string of the molecule is O=C(COc1ccc2sc3ccccc3c(=O)c2c1)OCO. The van der Waals surface area contributed by atoms with Gasteiger partial charge in [0.25, 0.3) is 0 Å². The third kappa shape index (κ3) is 2.79. The van der Waals surface area contributed by atoms with Gasteiger partial charge >= 0.3 is 5.97 Å². The maximum atomic E-state index is 12.5. The maximum absolute atomic E-state index is 12.5. The van der Waals surface area contributed by atoms with Gasteiger partial charge in [0.05, 0.1) is 0 Å². The van der Waals surface area contributed by atoms with Gasteiger partial charge in [-0.15, -0.1) is 11.3 Å². The highest BCUT2D eigenvalue weighted by atomic mass is 32.1. The summed E-state index contributed by atoms with van der Waals surface area (Å²) < 4.78 is 11.4. The van der Waals surface area contributed by atoms with Crippen LogP contribution in [-0.2, 0) is 9.53 Å². The van der Waals surface area contributed by atoms with Crippen LogP contribution in [0.25, 0.3) is 20.2 Å². The van der Waals surface area contributed by atoms with E-state index in [2.05, 4.69) is 4.74 Å². The summed E-state index contributed by atoms with van der Waals surface area (Å²) in [6.45, 7) is -1.00. The van der Waals surface area contributed by atoms with Crippen LogP contribution in [0.3, 0.4) is 0 Å². The number of esters is 1. The second-order valence-corrected chi connectivity index (χ2v) is 5.60. The Bertz CT molecular complexity index is 900. The van der Waals surface area contributed by atoms with E-state index in [-0.39, 0.29) is 12.0 Å². The topological polar surface area (TPSA) is 72.8 Å². The summed E-state index contributed by atoms with van der Waals surface area (Å²) in [4.78, 5) is 23.7. The van der Waals surface area contributed by atoms with E-state index in [0.717, 1.165) is 9.40 Å². The van der Waals surface area contributed by atoms with E-state index in [1.165, 1.54) is 11.3 Å². The molecule has 0 spiro atoms. The van der Waals surface area contributed by atoms with Crippen molar-refractivity contribution in [2.24, 2.45) is 0 Å². The molecule has 3 rings (SSSR count). The Morgan fingerprint density at radius 2 is 1.86 bits per heavy atom. The monoisotopic (exact) mass is 316 g/mol. The summed E-state index contributed by atoms with van der Waals surface area (Å²) in [6, 6.07) is 12.5. The molecule has 2 aromatic carbocycles. The van der Waals surface area contributed by atoms with Gasteiger partial charge in [-0.25, -0.2) is 4.79 Å². The average molecular weight is 316 g/mol. The average Bonchev–Trinajstić information content (AvgIpc) is 2.54. The molecule has 1 aromatic heterocycles. The summed E-state index contributed by atoms with van der Waals surface area (Å²) in [5, 5.41) is 9.69. The van der Waals surface area contributed by atoms with Crippen molar-refractivity contribution in [3.8, 4) is 5.75 Å². The van der Waals surface area contributed by atoms with Gasteiger partial charge in [-0.3, -0.25) is 4.79 Å². The molecule has 1 N–H and O–H groups in total. The first-order chi connectivity index (χ1) is 10.7. The Morgan fingerprint density at radius 1 is 1.09 bits per heavy atom.